The molecule has 0 fully saturated rings. The number of hydrogen-bond acceptors (Lipinski definition) is 7. The number of fused-ring (bicyclic) bond motifs is 1. The van der Waals surface area contributed by atoms with E-state index in [-0.39, 0.29) is 23.0 Å². The summed E-state index contributed by atoms with van der Waals surface area (Å²) >= 11 is 6.88. The summed E-state index contributed by atoms with van der Waals surface area (Å²) in [5.74, 6) is 4.27. The Labute approximate surface area is 158 Å². The molecule has 26 heavy (non-hydrogen) atoms. The Bertz CT molecular complexity index is 1050. The van der Waals surface area contributed by atoms with Crippen molar-refractivity contribution in [2.75, 3.05) is 12.0 Å². The number of halogens is 1. The van der Waals surface area contributed by atoms with Gasteiger partial charge in [0.1, 0.15) is 16.5 Å². The Hall–Kier alpha value is -2.38. The zero-order chi connectivity index (χ0) is 18.7. The van der Waals surface area contributed by atoms with Gasteiger partial charge in [0, 0.05) is 11.6 Å². The van der Waals surface area contributed by atoms with Gasteiger partial charge in [-0.25, -0.2) is 8.42 Å². The lowest BCUT2D eigenvalue weighted by Crippen LogP contribution is -2.37. The van der Waals surface area contributed by atoms with Crippen molar-refractivity contribution in [3.05, 3.63) is 45.8 Å². The van der Waals surface area contributed by atoms with Crippen LogP contribution < -0.4 is 10.7 Å². The third kappa shape index (κ3) is 3.73. The lowest BCUT2D eigenvalue weighted by molar-refractivity contribution is -0.114. The molecule has 0 aliphatic carbocycles. The molecule has 134 valence electrons. The van der Waals surface area contributed by atoms with Gasteiger partial charge in [-0.15, -0.1) is 11.3 Å². The molecule has 3 N–H and O–H groups in total. The van der Waals surface area contributed by atoms with Crippen LogP contribution in [0.5, 0.6) is 0 Å². The van der Waals surface area contributed by atoms with Crippen molar-refractivity contribution >= 4 is 48.7 Å². The molecular formula is C16H12ClN3O4S2. The van der Waals surface area contributed by atoms with E-state index >= 15 is 0 Å². The number of aliphatic hydroxyl groups is 1. The summed E-state index contributed by atoms with van der Waals surface area (Å²) in [6, 6.07) is 8.15. The molecule has 0 atom stereocenters. The molecule has 0 saturated carbocycles. The zero-order valence-electron chi connectivity index (χ0n) is 13.1. The van der Waals surface area contributed by atoms with Crippen molar-refractivity contribution < 1.29 is 18.3 Å². The normalized spacial score (nSPS) is 14.3. The molecule has 0 spiro atoms. The molecule has 1 amide bonds. The van der Waals surface area contributed by atoms with E-state index in [1.807, 2.05) is 0 Å². The Morgan fingerprint density at radius 1 is 1.35 bits per heavy atom. The average molecular weight is 410 g/mol. The van der Waals surface area contributed by atoms with Crippen LogP contribution in [0.2, 0.25) is 5.02 Å². The minimum Gasteiger partial charge on any atom is -0.384 e. The highest BCUT2D eigenvalue weighted by Crippen LogP contribution is 2.35. The SMILES string of the molecule is O=C(NCc1ccc(Cl)cc1)C1=NNc2sc(C#CCO)cc2S1(=O)=O. The number of rotatable bonds is 3. The smallest absolute Gasteiger partial charge is 0.284 e. The van der Waals surface area contributed by atoms with E-state index in [1.165, 1.54) is 6.07 Å². The Morgan fingerprint density at radius 3 is 2.77 bits per heavy atom. The first-order valence-corrected chi connectivity index (χ1v) is 9.94. The number of hydrazone groups is 1. The molecule has 0 saturated heterocycles. The van der Waals surface area contributed by atoms with Crippen LogP contribution >= 0.6 is 22.9 Å². The first kappa shape index (κ1) is 18.4. The Kier molecular flexibility index (Phi) is 5.29. The van der Waals surface area contributed by atoms with Crippen molar-refractivity contribution in [3.63, 3.8) is 0 Å². The summed E-state index contributed by atoms with van der Waals surface area (Å²) in [7, 11) is -4.06. The maximum atomic E-state index is 12.6. The van der Waals surface area contributed by atoms with Gasteiger partial charge in [0.15, 0.2) is 0 Å². The highest BCUT2D eigenvalue weighted by atomic mass is 35.5. The van der Waals surface area contributed by atoms with E-state index < -0.39 is 20.8 Å². The molecule has 1 aliphatic rings. The topological polar surface area (TPSA) is 108 Å². The van der Waals surface area contributed by atoms with Crippen molar-refractivity contribution in [1.82, 2.24) is 5.32 Å². The second-order valence-electron chi connectivity index (χ2n) is 5.11. The van der Waals surface area contributed by atoms with Crippen molar-refractivity contribution in [2.45, 2.75) is 11.4 Å². The Morgan fingerprint density at radius 2 is 2.08 bits per heavy atom. The van der Waals surface area contributed by atoms with Crippen LogP contribution in [0.15, 0.2) is 40.3 Å². The molecule has 3 rings (SSSR count). The van der Waals surface area contributed by atoms with E-state index in [1.54, 1.807) is 24.3 Å². The molecule has 1 aliphatic heterocycles. The van der Waals surface area contributed by atoms with Gasteiger partial charge in [-0.2, -0.15) is 5.10 Å². The maximum Gasteiger partial charge on any atom is 0.284 e. The van der Waals surface area contributed by atoms with Gasteiger partial charge in [0.25, 0.3) is 5.91 Å². The number of sulfone groups is 1. The fraction of sp³-hybridized carbons (Fsp3) is 0.125. The lowest BCUT2D eigenvalue weighted by Gasteiger charge is -2.13. The first-order valence-electron chi connectivity index (χ1n) is 7.27. The summed E-state index contributed by atoms with van der Waals surface area (Å²) in [5, 5.41) is 15.2. The second-order valence-corrected chi connectivity index (χ2v) is 8.43. The highest BCUT2D eigenvalue weighted by molar-refractivity contribution is 8.08. The molecule has 2 aromatic rings. The van der Waals surface area contributed by atoms with Crippen LogP contribution in [0.25, 0.3) is 0 Å². The molecule has 1 aromatic heterocycles. The highest BCUT2D eigenvalue weighted by Gasteiger charge is 2.36. The number of nitrogens with zero attached hydrogens (tertiary/aromatic N) is 1. The number of carbonyl (C=O) groups excluding carboxylic acids is 1. The molecule has 2 heterocycles. The van der Waals surface area contributed by atoms with Gasteiger partial charge in [-0.05, 0) is 23.8 Å². The van der Waals surface area contributed by atoms with E-state index in [4.69, 9.17) is 16.7 Å². The summed E-state index contributed by atoms with van der Waals surface area (Å²) < 4.78 is 25.3. The molecule has 7 nitrogen and oxygen atoms in total. The van der Waals surface area contributed by atoms with Crippen molar-refractivity contribution in [1.29, 1.82) is 0 Å². The van der Waals surface area contributed by atoms with Gasteiger partial charge in [0.05, 0.1) is 4.88 Å². The minimum atomic E-state index is -4.06. The lowest BCUT2D eigenvalue weighted by atomic mass is 10.2. The third-order valence-corrected chi connectivity index (χ3v) is 6.38. The van der Waals surface area contributed by atoms with Crippen LogP contribution in [0.1, 0.15) is 10.4 Å². The first-order chi connectivity index (χ1) is 12.4. The van der Waals surface area contributed by atoms with Gasteiger partial charge in [-0.3, -0.25) is 10.2 Å². The molecule has 0 unspecified atom stereocenters. The standard InChI is InChI=1S/C16H12ClN3O4S2/c17-11-5-3-10(4-6-11)9-18-14(22)16-20-19-15-13(26(16,23)24)8-12(25-15)2-1-7-21/h3-6,8,19,21H,7,9H2,(H,18,22). The number of thiophene rings is 1. The van der Waals surface area contributed by atoms with Crippen LogP contribution in [-0.2, 0) is 21.2 Å². The largest absolute Gasteiger partial charge is 0.384 e. The second kappa shape index (κ2) is 7.47. The molecule has 0 bridgehead atoms. The number of nitrogens with one attached hydrogen (secondary N) is 2. The fourth-order valence-corrected chi connectivity index (χ4v) is 4.82. The summed E-state index contributed by atoms with van der Waals surface area (Å²) in [6.07, 6.45) is 0. The van der Waals surface area contributed by atoms with Gasteiger partial charge < -0.3 is 10.4 Å². The predicted molar refractivity (Wildman–Crippen MR) is 99.8 cm³/mol. The molecular weight excluding hydrogens is 398 g/mol. The quantitative estimate of drug-likeness (QED) is 0.667. The minimum absolute atomic E-state index is 0.0589. The Balaban J connectivity index is 1.78. The van der Waals surface area contributed by atoms with E-state index in [2.05, 4.69) is 27.7 Å². The van der Waals surface area contributed by atoms with Crippen LogP contribution in [0.4, 0.5) is 5.00 Å². The van der Waals surface area contributed by atoms with Crippen LogP contribution in [0, 0.1) is 11.8 Å². The number of amides is 1. The number of hydrogen-bond donors (Lipinski definition) is 3. The van der Waals surface area contributed by atoms with E-state index in [9.17, 15) is 13.2 Å². The molecule has 10 heteroatoms. The van der Waals surface area contributed by atoms with Crippen LogP contribution in [0.3, 0.4) is 0 Å². The average Bonchev–Trinajstić information content (AvgIpc) is 3.04. The molecule has 0 radical (unpaired) electrons. The number of anilines is 1. The van der Waals surface area contributed by atoms with Gasteiger partial charge >= 0.3 is 0 Å². The maximum absolute atomic E-state index is 12.6. The van der Waals surface area contributed by atoms with E-state index in [0.717, 1.165) is 16.9 Å². The monoisotopic (exact) mass is 409 g/mol. The molecule has 1 aromatic carbocycles. The predicted octanol–water partition coefficient (Wildman–Crippen LogP) is 1.57. The van der Waals surface area contributed by atoms with Crippen molar-refractivity contribution in [3.8, 4) is 11.8 Å². The number of aliphatic hydroxyl groups excluding tert-OH is 1. The van der Waals surface area contributed by atoms with Crippen molar-refractivity contribution in [2.24, 2.45) is 5.10 Å². The zero-order valence-corrected chi connectivity index (χ0v) is 15.5. The van der Waals surface area contributed by atoms with E-state index in [0.29, 0.717) is 9.90 Å². The number of benzene rings is 1. The fourth-order valence-electron chi connectivity index (χ4n) is 2.14. The number of carbonyl (C=O) groups is 1. The van der Waals surface area contributed by atoms with Gasteiger partial charge in [-0.1, -0.05) is 35.6 Å². The van der Waals surface area contributed by atoms with Crippen LogP contribution in [-0.4, -0.2) is 31.1 Å². The summed E-state index contributed by atoms with van der Waals surface area (Å²) in [5.41, 5.74) is 3.34. The van der Waals surface area contributed by atoms with Gasteiger partial charge in [0.2, 0.25) is 14.9 Å². The summed E-state index contributed by atoms with van der Waals surface area (Å²) in [4.78, 5) is 12.7. The third-order valence-electron chi connectivity index (χ3n) is 3.35. The summed E-state index contributed by atoms with van der Waals surface area (Å²) in [6.45, 7) is -0.203.